The summed E-state index contributed by atoms with van der Waals surface area (Å²) < 4.78 is 0. The smallest absolute Gasteiger partial charge is 0.0397 e. The Labute approximate surface area is 95.9 Å². The van der Waals surface area contributed by atoms with Gasteiger partial charge in [-0.1, -0.05) is 66.0 Å². The lowest BCUT2D eigenvalue weighted by atomic mass is 9.98. The Hall–Kier alpha value is -0.300. The van der Waals surface area contributed by atoms with Crippen LogP contribution in [0.5, 0.6) is 0 Å². The molecule has 0 heterocycles. The molecular weight excluding hydrogens is 236 g/mol. The SMILES string of the molecule is CCC(C)CC(Br)c1ccc(C)cc1. The van der Waals surface area contributed by atoms with Gasteiger partial charge in [-0.15, -0.1) is 0 Å². The largest absolute Gasteiger partial charge is 0.0839 e. The summed E-state index contributed by atoms with van der Waals surface area (Å²) in [5.41, 5.74) is 2.73. The number of benzene rings is 1. The molecule has 0 nitrogen and oxygen atoms in total. The van der Waals surface area contributed by atoms with Gasteiger partial charge in [0.25, 0.3) is 0 Å². The molecule has 0 saturated heterocycles. The van der Waals surface area contributed by atoms with Gasteiger partial charge in [0.15, 0.2) is 0 Å². The fourth-order valence-corrected chi connectivity index (χ4v) is 2.37. The predicted octanol–water partition coefficient (Wildman–Crippen LogP) is 4.87. The van der Waals surface area contributed by atoms with Crippen LogP contribution in [0.1, 0.15) is 42.6 Å². The minimum Gasteiger partial charge on any atom is -0.0839 e. The van der Waals surface area contributed by atoms with Gasteiger partial charge in [0, 0.05) is 4.83 Å². The number of hydrogen-bond acceptors (Lipinski definition) is 0. The summed E-state index contributed by atoms with van der Waals surface area (Å²) in [7, 11) is 0. The maximum absolute atomic E-state index is 3.75. The fraction of sp³-hybridized carbons (Fsp3) is 0.538. The second-order valence-electron chi connectivity index (χ2n) is 4.13. The molecule has 1 aromatic carbocycles. The summed E-state index contributed by atoms with van der Waals surface area (Å²) in [6, 6.07) is 8.80. The zero-order chi connectivity index (χ0) is 10.6. The van der Waals surface area contributed by atoms with E-state index in [0.29, 0.717) is 4.83 Å². The van der Waals surface area contributed by atoms with Crippen molar-refractivity contribution in [3.8, 4) is 0 Å². The molecule has 0 saturated carbocycles. The molecule has 0 aliphatic rings. The van der Waals surface area contributed by atoms with Crippen molar-refractivity contribution in [3.05, 3.63) is 35.4 Å². The van der Waals surface area contributed by atoms with Gasteiger partial charge in [-0.3, -0.25) is 0 Å². The third-order valence-electron chi connectivity index (χ3n) is 2.75. The van der Waals surface area contributed by atoms with Crippen molar-refractivity contribution >= 4 is 15.9 Å². The van der Waals surface area contributed by atoms with Crippen LogP contribution in [0, 0.1) is 12.8 Å². The highest BCUT2D eigenvalue weighted by atomic mass is 79.9. The highest BCUT2D eigenvalue weighted by Gasteiger charge is 2.10. The lowest BCUT2D eigenvalue weighted by Crippen LogP contribution is -1.98. The van der Waals surface area contributed by atoms with Gasteiger partial charge in [0.05, 0.1) is 0 Å². The van der Waals surface area contributed by atoms with E-state index in [-0.39, 0.29) is 0 Å². The summed E-state index contributed by atoms with van der Waals surface area (Å²) in [5, 5.41) is 0. The van der Waals surface area contributed by atoms with Crippen molar-refractivity contribution in [1.82, 2.24) is 0 Å². The van der Waals surface area contributed by atoms with Crippen LogP contribution < -0.4 is 0 Å². The maximum atomic E-state index is 3.75. The predicted molar refractivity (Wildman–Crippen MR) is 66.9 cm³/mol. The fourth-order valence-electron chi connectivity index (χ4n) is 1.43. The molecule has 0 bridgehead atoms. The van der Waals surface area contributed by atoms with E-state index >= 15 is 0 Å². The molecule has 0 aliphatic carbocycles. The van der Waals surface area contributed by atoms with Crippen molar-refractivity contribution in [2.45, 2.75) is 38.4 Å². The first-order chi connectivity index (χ1) is 6.63. The summed E-state index contributed by atoms with van der Waals surface area (Å²) in [5.74, 6) is 0.792. The zero-order valence-electron chi connectivity index (χ0n) is 9.26. The average Bonchev–Trinajstić information content (AvgIpc) is 2.18. The van der Waals surface area contributed by atoms with Crippen molar-refractivity contribution in [3.63, 3.8) is 0 Å². The van der Waals surface area contributed by atoms with Crippen LogP contribution in [-0.2, 0) is 0 Å². The van der Waals surface area contributed by atoms with Crippen molar-refractivity contribution in [2.24, 2.45) is 5.92 Å². The Balaban J connectivity index is 2.60. The Morgan fingerprint density at radius 1 is 1.21 bits per heavy atom. The van der Waals surface area contributed by atoms with Crippen LogP contribution in [-0.4, -0.2) is 0 Å². The normalized spacial score (nSPS) is 15.1. The van der Waals surface area contributed by atoms with Gasteiger partial charge in [-0.05, 0) is 24.8 Å². The monoisotopic (exact) mass is 254 g/mol. The standard InChI is InChI=1S/C13H19Br/c1-4-10(2)9-13(14)12-7-5-11(3)6-8-12/h5-8,10,13H,4,9H2,1-3H3. The molecule has 0 radical (unpaired) electrons. The molecule has 14 heavy (non-hydrogen) atoms. The first-order valence-electron chi connectivity index (χ1n) is 5.34. The van der Waals surface area contributed by atoms with Crippen LogP contribution in [0.25, 0.3) is 0 Å². The van der Waals surface area contributed by atoms with E-state index in [0.717, 1.165) is 5.92 Å². The molecular formula is C13H19Br. The third-order valence-corrected chi connectivity index (χ3v) is 3.65. The van der Waals surface area contributed by atoms with Gasteiger partial charge in [0.2, 0.25) is 0 Å². The number of aryl methyl sites for hydroxylation is 1. The van der Waals surface area contributed by atoms with Gasteiger partial charge in [-0.2, -0.15) is 0 Å². The first-order valence-corrected chi connectivity index (χ1v) is 6.25. The van der Waals surface area contributed by atoms with Crippen LogP contribution in [0.2, 0.25) is 0 Å². The van der Waals surface area contributed by atoms with Crippen LogP contribution >= 0.6 is 15.9 Å². The summed E-state index contributed by atoms with van der Waals surface area (Å²) >= 11 is 3.75. The summed E-state index contributed by atoms with van der Waals surface area (Å²) in [6.45, 7) is 6.68. The molecule has 0 N–H and O–H groups in total. The lowest BCUT2D eigenvalue weighted by molar-refractivity contribution is 0.514. The van der Waals surface area contributed by atoms with Gasteiger partial charge >= 0.3 is 0 Å². The quantitative estimate of drug-likeness (QED) is 0.673. The zero-order valence-corrected chi connectivity index (χ0v) is 10.8. The van der Waals surface area contributed by atoms with Crippen molar-refractivity contribution < 1.29 is 0 Å². The number of alkyl halides is 1. The number of hydrogen-bond donors (Lipinski definition) is 0. The molecule has 2 atom stereocenters. The Kier molecular flexibility index (Phi) is 4.67. The lowest BCUT2D eigenvalue weighted by Gasteiger charge is -2.14. The van der Waals surface area contributed by atoms with E-state index in [1.54, 1.807) is 0 Å². The molecule has 0 aromatic heterocycles. The van der Waals surface area contributed by atoms with Gasteiger partial charge in [-0.25, -0.2) is 0 Å². The highest BCUT2D eigenvalue weighted by molar-refractivity contribution is 9.09. The van der Waals surface area contributed by atoms with Gasteiger partial charge < -0.3 is 0 Å². The van der Waals surface area contributed by atoms with E-state index in [9.17, 15) is 0 Å². The molecule has 1 aromatic rings. The minimum absolute atomic E-state index is 0.512. The maximum Gasteiger partial charge on any atom is 0.0397 e. The van der Waals surface area contributed by atoms with E-state index in [1.165, 1.54) is 24.0 Å². The Bertz CT molecular complexity index is 263. The second kappa shape index (κ2) is 5.55. The van der Waals surface area contributed by atoms with Crippen LogP contribution in [0.15, 0.2) is 24.3 Å². The summed E-state index contributed by atoms with van der Waals surface area (Å²) in [6.07, 6.45) is 2.48. The number of halogens is 1. The second-order valence-corrected chi connectivity index (χ2v) is 5.23. The molecule has 0 aliphatic heterocycles. The Morgan fingerprint density at radius 3 is 2.29 bits per heavy atom. The van der Waals surface area contributed by atoms with Crippen LogP contribution in [0.4, 0.5) is 0 Å². The van der Waals surface area contributed by atoms with E-state index in [1.807, 2.05) is 0 Å². The molecule has 78 valence electrons. The van der Waals surface area contributed by atoms with Crippen molar-refractivity contribution in [1.29, 1.82) is 0 Å². The van der Waals surface area contributed by atoms with E-state index in [4.69, 9.17) is 0 Å². The van der Waals surface area contributed by atoms with Crippen molar-refractivity contribution in [2.75, 3.05) is 0 Å². The average molecular weight is 255 g/mol. The molecule has 0 fully saturated rings. The Morgan fingerprint density at radius 2 is 1.79 bits per heavy atom. The first kappa shape index (κ1) is 11.8. The highest BCUT2D eigenvalue weighted by Crippen LogP contribution is 2.30. The number of rotatable bonds is 4. The third kappa shape index (κ3) is 3.45. The minimum atomic E-state index is 0.512. The molecule has 1 rings (SSSR count). The molecule has 0 amide bonds. The molecule has 2 unspecified atom stereocenters. The topological polar surface area (TPSA) is 0 Å². The van der Waals surface area contributed by atoms with E-state index < -0.39 is 0 Å². The molecule has 1 heteroatoms. The van der Waals surface area contributed by atoms with Gasteiger partial charge in [0.1, 0.15) is 0 Å². The summed E-state index contributed by atoms with van der Waals surface area (Å²) in [4.78, 5) is 0.512. The molecule has 0 spiro atoms. The van der Waals surface area contributed by atoms with E-state index in [2.05, 4.69) is 61.0 Å². The van der Waals surface area contributed by atoms with Crippen LogP contribution in [0.3, 0.4) is 0 Å².